The third-order valence-electron chi connectivity index (χ3n) is 6.24. The molecule has 0 radical (unpaired) electrons. The molecule has 1 aliphatic carbocycles. The molecule has 1 aromatic carbocycles. The number of nitrogens with one attached hydrogen (secondary N) is 1. The highest BCUT2D eigenvalue weighted by atomic mass is 35.5. The summed E-state index contributed by atoms with van der Waals surface area (Å²) in [6, 6.07) is 8.40. The van der Waals surface area contributed by atoms with Crippen LogP contribution >= 0.6 is 23.2 Å². The van der Waals surface area contributed by atoms with Gasteiger partial charge in [0.05, 0.1) is 11.8 Å². The molecule has 0 spiro atoms. The Labute approximate surface area is 184 Å². The molecule has 2 aliphatic rings. The molecule has 4 rings (SSSR count). The maximum atomic E-state index is 15.9. The zero-order valence-corrected chi connectivity index (χ0v) is 17.8. The highest BCUT2D eigenvalue weighted by Crippen LogP contribution is 2.43. The molecule has 2 atom stereocenters. The van der Waals surface area contributed by atoms with Gasteiger partial charge in [-0.05, 0) is 49.4 Å². The molecule has 160 valence electrons. The molecule has 1 saturated heterocycles. The second-order valence-corrected chi connectivity index (χ2v) is 8.84. The van der Waals surface area contributed by atoms with Crippen molar-refractivity contribution in [1.82, 2.24) is 10.3 Å². The lowest BCUT2D eigenvalue weighted by Gasteiger charge is -2.39. The lowest BCUT2D eigenvalue weighted by molar-refractivity contribution is -0.136. The van der Waals surface area contributed by atoms with E-state index in [0.29, 0.717) is 36.1 Å². The fourth-order valence-electron chi connectivity index (χ4n) is 4.47. The first-order valence-corrected chi connectivity index (χ1v) is 10.8. The van der Waals surface area contributed by atoms with E-state index in [0.717, 1.165) is 5.56 Å². The van der Waals surface area contributed by atoms with Gasteiger partial charge in [0.1, 0.15) is 0 Å². The number of amides is 1. The van der Waals surface area contributed by atoms with Crippen LogP contribution in [0, 0.1) is 0 Å². The summed E-state index contributed by atoms with van der Waals surface area (Å²) < 4.78 is 21.4. The Morgan fingerprint density at radius 2 is 2.00 bits per heavy atom. The van der Waals surface area contributed by atoms with E-state index < -0.39 is 23.1 Å². The summed E-state index contributed by atoms with van der Waals surface area (Å²) in [5.41, 5.74) is -1.49. The molecule has 0 saturated carbocycles. The number of fused-ring (bicyclic) bond motifs is 1. The van der Waals surface area contributed by atoms with E-state index >= 15 is 4.39 Å². The Kier molecular flexibility index (Phi) is 6.04. The van der Waals surface area contributed by atoms with Crippen LogP contribution in [-0.2, 0) is 20.6 Å². The summed E-state index contributed by atoms with van der Waals surface area (Å²) >= 11 is 12.5. The molecule has 1 amide bonds. The molecule has 5 nitrogen and oxygen atoms in total. The number of aliphatic hydroxyl groups excluding tert-OH is 1. The fourth-order valence-corrected chi connectivity index (χ4v) is 5.08. The van der Waals surface area contributed by atoms with E-state index in [9.17, 15) is 9.90 Å². The van der Waals surface area contributed by atoms with Crippen molar-refractivity contribution in [3.63, 3.8) is 0 Å². The van der Waals surface area contributed by atoms with E-state index in [2.05, 4.69) is 10.3 Å². The SMILES string of the molecule is O=C(NCC1(c2ccc(Cl)cc2Cl)CCOCC1)[C@]1(F)CC[C@H](O)c2ncccc21. The molecular weight excluding hydrogens is 430 g/mol. The van der Waals surface area contributed by atoms with Gasteiger partial charge in [0, 0.05) is 47.0 Å². The Bertz CT molecular complexity index is 952. The number of carbonyl (C=O) groups excluding carboxylic acids is 1. The summed E-state index contributed by atoms with van der Waals surface area (Å²) in [4.78, 5) is 17.2. The summed E-state index contributed by atoms with van der Waals surface area (Å²) in [6.07, 6.45) is 1.94. The van der Waals surface area contributed by atoms with Crippen LogP contribution in [-0.4, -0.2) is 35.8 Å². The number of carbonyl (C=O) groups is 1. The van der Waals surface area contributed by atoms with Gasteiger partial charge in [0.25, 0.3) is 5.91 Å². The molecule has 2 N–H and O–H groups in total. The average molecular weight is 453 g/mol. The molecule has 30 heavy (non-hydrogen) atoms. The molecule has 1 aromatic heterocycles. The van der Waals surface area contributed by atoms with E-state index in [-0.39, 0.29) is 30.6 Å². The zero-order chi connectivity index (χ0) is 21.4. The number of ether oxygens (including phenoxy) is 1. The number of benzene rings is 1. The number of nitrogens with zero attached hydrogens (tertiary/aromatic N) is 1. The van der Waals surface area contributed by atoms with Gasteiger partial charge in [-0.2, -0.15) is 0 Å². The third kappa shape index (κ3) is 3.82. The van der Waals surface area contributed by atoms with Crippen molar-refractivity contribution < 1.29 is 19.0 Å². The Balaban J connectivity index is 1.60. The van der Waals surface area contributed by atoms with Crippen LogP contribution in [0.2, 0.25) is 10.0 Å². The topological polar surface area (TPSA) is 71.5 Å². The number of rotatable bonds is 4. The molecule has 1 fully saturated rings. The second-order valence-electron chi connectivity index (χ2n) is 7.99. The zero-order valence-electron chi connectivity index (χ0n) is 16.3. The van der Waals surface area contributed by atoms with Gasteiger partial charge in [0.2, 0.25) is 5.67 Å². The second kappa shape index (κ2) is 8.42. The molecule has 2 heterocycles. The summed E-state index contributed by atoms with van der Waals surface area (Å²) in [6.45, 7) is 1.27. The number of halogens is 3. The molecule has 8 heteroatoms. The van der Waals surface area contributed by atoms with Gasteiger partial charge in [-0.25, -0.2) is 4.39 Å². The van der Waals surface area contributed by atoms with Crippen molar-refractivity contribution in [2.24, 2.45) is 0 Å². The third-order valence-corrected chi connectivity index (χ3v) is 6.79. The van der Waals surface area contributed by atoms with Crippen molar-refractivity contribution >= 4 is 29.1 Å². The Morgan fingerprint density at radius 3 is 2.73 bits per heavy atom. The summed E-state index contributed by atoms with van der Waals surface area (Å²) in [5.74, 6) is -0.723. The fraction of sp³-hybridized carbons (Fsp3) is 0.455. The van der Waals surface area contributed by atoms with Crippen LogP contribution in [0.4, 0.5) is 4.39 Å². The van der Waals surface area contributed by atoms with Crippen molar-refractivity contribution in [2.75, 3.05) is 19.8 Å². The molecule has 0 unspecified atom stereocenters. The van der Waals surface area contributed by atoms with Crippen molar-refractivity contribution in [3.8, 4) is 0 Å². The van der Waals surface area contributed by atoms with Crippen LogP contribution in [0.25, 0.3) is 0 Å². The van der Waals surface area contributed by atoms with Gasteiger partial charge < -0.3 is 15.2 Å². The highest BCUT2D eigenvalue weighted by molar-refractivity contribution is 6.35. The average Bonchev–Trinajstić information content (AvgIpc) is 2.75. The minimum atomic E-state index is -2.24. The van der Waals surface area contributed by atoms with Gasteiger partial charge in [-0.3, -0.25) is 9.78 Å². The maximum absolute atomic E-state index is 15.9. The highest BCUT2D eigenvalue weighted by Gasteiger charge is 2.47. The first kappa shape index (κ1) is 21.5. The molecule has 2 aromatic rings. The number of aromatic nitrogens is 1. The smallest absolute Gasteiger partial charge is 0.262 e. The van der Waals surface area contributed by atoms with E-state index in [4.69, 9.17) is 27.9 Å². The van der Waals surface area contributed by atoms with E-state index in [1.54, 1.807) is 18.2 Å². The van der Waals surface area contributed by atoms with Crippen molar-refractivity contribution in [3.05, 3.63) is 63.4 Å². The molecule has 0 bridgehead atoms. The van der Waals surface area contributed by atoms with E-state index in [1.807, 2.05) is 6.07 Å². The molecule has 1 aliphatic heterocycles. The Hall–Kier alpha value is -1.73. The van der Waals surface area contributed by atoms with Crippen LogP contribution in [0.5, 0.6) is 0 Å². The number of alkyl halides is 1. The van der Waals surface area contributed by atoms with Crippen LogP contribution in [0.3, 0.4) is 0 Å². The van der Waals surface area contributed by atoms with Crippen LogP contribution < -0.4 is 5.32 Å². The van der Waals surface area contributed by atoms with Gasteiger partial charge in [-0.1, -0.05) is 35.3 Å². The quantitative estimate of drug-likeness (QED) is 0.727. The van der Waals surface area contributed by atoms with Crippen molar-refractivity contribution in [1.29, 1.82) is 0 Å². The first-order chi connectivity index (χ1) is 14.4. The van der Waals surface area contributed by atoms with E-state index in [1.165, 1.54) is 12.3 Å². The number of aliphatic hydroxyl groups is 1. The van der Waals surface area contributed by atoms with Crippen LogP contribution in [0.15, 0.2) is 36.5 Å². The Morgan fingerprint density at radius 1 is 1.23 bits per heavy atom. The van der Waals surface area contributed by atoms with Gasteiger partial charge >= 0.3 is 0 Å². The summed E-state index contributed by atoms with van der Waals surface area (Å²) in [5, 5.41) is 14.0. The maximum Gasteiger partial charge on any atom is 0.262 e. The number of pyridine rings is 1. The van der Waals surface area contributed by atoms with Crippen molar-refractivity contribution in [2.45, 2.75) is 42.9 Å². The predicted molar refractivity (Wildman–Crippen MR) is 112 cm³/mol. The number of hydrogen-bond donors (Lipinski definition) is 2. The minimum Gasteiger partial charge on any atom is -0.387 e. The molecular formula is C22H23Cl2FN2O3. The van der Waals surface area contributed by atoms with Gasteiger partial charge in [-0.15, -0.1) is 0 Å². The lowest BCUT2D eigenvalue weighted by atomic mass is 9.73. The van der Waals surface area contributed by atoms with Crippen LogP contribution in [0.1, 0.15) is 48.6 Å². The normalized spacial score (nSPS) is 25.4. The first-order valence-electron chi connectivity index (χ1n) is 10.00. The van der Waals surface area contributed by atoms with Gasteiger partial charge in [0.15, 0.2) is 0 Å². The monoisotopic (exact) mass is 452 g/mol. The summed E-state index contributed by atoms with van der Waals surface area (Å²) in [7, 11) is 0. The minimum absolute atomic E-state index is 0.101. The standard InChI is InChI=1S/C22H23Cl2FN2O3/c23-14-3-4-15(17(24)12-14)21(7-10-30-11-8-21)13-27-20(29)22(25)6-5-18(28)19-16(22)2-1-9-26-19/h1-4,9,12,18,28H,5-8,10-11,13H2,(H,27,29)/t18-,22-/m0/s1. The number of hydrogen-bond acceptors (Lipinski definition) is 4. The lowest BCUT2D eigenvalue weighted by Crippen LogP contribution is -2.50. The largest absolute Gasteiger partial charge is 0.387 e. The predicted octanol–water partition coefficient (Wildman–Crippen LogP) is 4.25.